The fourth-order valence-corrected chi connectivity index (χ4v) is 4.71. The van der Waals surface area contributed by atoms with Gasteiger partial charge in [0.1, 0.15) is 5.82 Å². The number of hydrogen-bond donors (Lipinski definition) is 1. The highest BCUT2D eigenvalue weighted by Crippen LogP contribution is 2.32. The van der Waals surface area contributed by atoms with Crippen LogP contribution < -0.4 is 11.0 Å². The smallest absolute Gasteiger partial charge is 0.273 e. The number of nitrogens with zero attached hydrogens (tertiary/aromatic N) is 2. The predicted molar refractivity (Wildman–Crippen MR) is 107 cm³/mol. The molecule has 0 unspecified atom stereocenters. The van der Waals surface area contributed by atoms with Crippen LogP contribution in [0.4, 0.5) is 0 Å². The lowest BCUT2D eigenvalue weighted by Crippen LogP contribution is -2.37. The van der Waals surface area contributed by atoms with Gasteiger partial charge in [-0.25, -0.2) is 9.66 Å². The van der Waals surface area contributed by atoms with E-state index >= 15 is 0 Å². The minimum atomic E-state index is -0.157. The fourth-order valence-electron chi connectivity index (χ4n) is 4.71. The molecule has 0 radical (unpaired) electrons. The van der Waals surface area contributed by atoms with E-state index in [1.165, 1.54) is 36.8 Å². The Kier molecular flexibility index (Phi) is 5.55. The number of aromatic nitrogens is 2. The molecule has 1 N–H and O–H groups in total. The summed E-state index contributed by atoms with van der Waals surface area (Å²) in [5.41, 5.74) is 3.46. The lowest BCUT2D eigenvalue weighted by molar-refractivity contribution is -0.117. The summed E-state index contributed by atoms with van der Waals surface area (Å²) in [4.78, 5) is 30.5. The van der Waals surface area contributed by atoms with E-state index in [0.717, 1.165) is 43.4 Å². The number of hydrogen-bond acceptors (Lipinski definition) is 3. The maximum Gasteiger partial charge on any atom is 0.280 e. The number of carbonyl (C=O) groups is 1. The molecule has 1 aromatic carbocycles. The van der Waals surface area contributed by atoms with Crippen molar-refractivity contribution in [2.24, 2.45) is 5.92 Å². The van der Waals surface area contributed by atoms with Gasteiger partial charge in [0.25, 0.3) is 5.56 Å². The number of fused-ring (bicyclic) bond motifs is 1. The van der Waals surface area contributed by atoms with E-state index in [4.69, 9.17) is 4.98 Å². The van der Waals surface area contributed by atoms with E-state index < -0.39 is 0 Å². The average Bonchev–Trinajstić information content (AvgIpc) is 3.23. The van der Waals surface area contributed by atoms with Crippen LogP contribution in [-0.4, -0.2) is 15.6 Å². The zero-order chi connectivity index (χ0) is 18.6. The summed E-state index contributed by atoms with van der Waals surface area (Å²) in [6, 6.07) is 7.42. The quantitative estimate of drug-likeness (QED) is 0.847. The summed E-state index contributed by atoms with van der Waals surface area (Å²) < 4.78 is 1.45. The van der Waals surface area contributed by atoms with Crippen molar-refractivity contribution in [2.75, 3.05) is 5.43 Å². The summed E-state index contributed by atoms with van der Waals surface area (Å²) in [5, 5.41) is 0.563. The zero-order valence-electron chi connectivity index (χ0n) is 16.0. The van der Waals surface area contributed by atoms with E-state index in [1.807, 2.05) is 18.2 Å². The Morgan fingerprint density at radius 2 is 1.74 bits per heavy atom. The molecule has 5 heteroatoms. The first kappa shape index (κ1) is 18.2. The van der Waals surface area contributed by atoms with E-state index in [1.54, 1.807) is 6.07 Å². The second-order valence-electron chi connectivity index (χ2n) is 8.19. The zero-order valence-corrected chi connectivity index (χ0v) is 16.0. The molecule has 27 heavy (non-hydrogen) atoms. The van der Waals surface area contributed by atoms with Gasteiger partial charge in [0.15, 0.2) is 0 Å². The molecule has 2 saturated carbocycles. The second-order valence-corrected chi connectivity index (χ2v) is 8.19. The van der Waals surface area contributed by atoms with Crippen molar-refractivity contribution >= 4 is 16.8 Å². The van der Waals surface area contributed by atoms with Crippen LogP contribution in [0.1, 0.15) is 82.4 Å². The van der Waals surface area contributed by atoms with Crippen molar-refractivity contribution in [2.45, 2.75) is 76.5 Å². The van der Waals surface area contributed by atoms with Crippen molar-refractivity contribution in [3.05, 3.63) is 40.4 Å². The normalized spacial score (nSPS) is 18.8. The first-order valence-corrected chi connectivity index (χ1v) is 10.5. The molecule has 0 atom stereocenters. The third-order valence-electron chi connectivity index (χ3n) is 6.26. The van der Waals surface area contributed by atoms with Crippen LogP contribution in [0.3, 0.4) is 0 Å². The van der Waals surface area contributed by atoms with Gasteiger partial charge < -0.3 is 0 Å². The van der Waals surface area contributed by atoms with Gasteiger partial charge in [-0.1, -0.05) is 57.1 Å². The summed E-state index contributed by atoms with van der Waals surface area (Å²) in [6.45, 7) is 0. The molecule has 2 fully saturated rings. The largest absolute Gasteiger partial charge is 0.280 e. The molecule has 2 aromatic rings. The van der Waals surface area contributed by atoms with Gasteiger partial charge in [0.05, 0.1) is 10.9 Å². The van der Waals surface area contributed by atoms with Gasteiger partial charge in [-0.15, -0.1) is 0 Å². The van der Waals surface area contributed by atoms with Gasteiger partial charge >= 0.3 is 0 Å². The first-order chi connectivity index (χ1) is 13.2. The van der Waals surface area contributed by atoms with Gasteiger partial charge in [-0.3, -0.25) is 15.0 Å². The summed E-state index contributed by atoms with van der Waals surface area (Å²) in [5.74, 6) is 1.57. The van der Waals surface area contributed by atoms with Gasteiger partial charge in [0, 0.05) is 12.3 Å². The highest BCUT2D eigenvalue weighted by molar-refractivity contribution is 5.84. The van der Waals surface area contributed by atoms with Crippen LogP contribution in [0.15, 0.2) is 29.1 Å². The molecule has 0 aliphatic heterocycles. The molecule has 1 aromatic heterocycles. The maximum absolute atomic E-state index is 13.1. The molecular weight excluding hydrogens is 338 g/mol. The minimum Gasteiger partial charge on any atom is -0.273 e. The summed E-state index contributed by atoms with van der Waals surface area (Å²) >= 11 is 0. The monoisotopic (exact) mass is 367 g/mol. The fraction of sp³-hybridized carbons (Fsp3) is 0.591. The molecular formula is C22H29N3O2. The number of benzene rings is 1. The molecule has 2 aliphatic rings. The average molecular weight is 367 g/mol. The molecule has 5 nitrogen and oxygen atoms in total. The second kappa shape index (κ2) is 8.24. The first-order valence-electron chi connectivity index (χ1n) is 10.5. The Hall–Kier alpha value is -2.17. The van der Waals surface area contributed by atoms with Gasteiger partial charge in [0.2, 0.25) is 5.91 Å². The van der Waals surface area contributed by atoms with Crippen LogP contribution in [-0.2, 0) is 4.79 Å². The standard InChI is InChI=1S/C22H29N3O2/c26-20(15-14-16-8-4-5-9-16)24-25-21(17-10-2-1-3-11-17)23-19-13-7-6-12-18(19)22(25)27/h6-7,12-13,16-17H,1-5,8-11,14-15H2,(H,24,26). The van der Waals surface area contributed by atoms with Crippen molar-refractivity contribution in [1.29, 1.82) is 0 Å². The number of nitrogens with one attached hydrogen (secondary N) is 1. The number of amides is 1. The molecule has 0 saturated heterocycles. The topological polar surface area (TPSA) is 64.0 Å². The van der Waals surface area contributed by atoms with Crippen LogP contribution in [0.2, 0.25) is 0 Å². The molecule has 1 heterocycles. The number of carbonyl (C=O) groups excluding carboxylic acids is 1. The summed E-state index contributed by atoms with van der Waals surface area (Å²) in [6.07, 6.45) is 12.0. The van der Waals surface area contributed by atoms with E-state index in [9.17, 15) is 9.59 Å². The molecule has 4 rings (SSSR count). The van der Waals surface area contributed by atoms with Crippen molar-refractivity contribution < 1.29 is 4.79 Å². The Labute approximate surface area is 160 Å². The lowest BCUT2D eigenvalue weighted by atomic mass is 9.88. The van der Waals surface area contributed by atoms with Gasteiger partial charge in [-0.05, 0) is 37.3 Å². The van der Waals surface area contributed by atoms with Crippen LogP contribution >= 0.6 is 0 Å². The third-order valence-corrected chi connectivity index (χ3v) is 6.26. The third kappa shape index (κ3) is 4.07. The molecule has 1 amide bonds. The maximum atomic E-state index is 13.1. The highest BCUT2D eigenvalue weighted by atomic mass is 16.2. The van der Waals surface area contributed by atoms with Crippen LogP contribution in [0.5, 0.6) is 0 Å². The van der Waals surface area contributed by atoms with Crippen LogP contribution in [0.25, 0.3) is 10.9 Å². The Morgan fingerprint density at radius 1 is 1.04 bits per heavy atom. The molecule has 2 aliphatic carbocycles. The van der Waals surface area contributed by atoms with E-state index in [-0.39, 0.29) is 17.4 Å². The predicted octanol–water partition coefficient (Wildman–Crippen LogP) is 4.48. The van der Waals surface area contributed by atoms with Crippen LogP contribution in [0, 0.1) is 5.92 Å². The van der Waals surface area contributed by atoms with Crippen molar-refractivity contribution in [3.8, 4) is 0 Å². The molecule has 144 valence electrons. The lowest BCUT2D eigenvalue weighted by Gasteiger charge is -2.24. The molecule has 0 bridgehead atoms. The SMILES string of the molecule is O=C(CCC1CCCC1)Nn1c(C2CCCCC2)nc2ccccc2c1=O. The Morgan fingerprint density at radius 3 is 2.52 bits per heavy atom. The van der Waals surface area contributed by atoms with Crippen molar-refractivity contribution in [3.63, 3.8) is 0 Å². The Bertz CT molecular complexity index is 861. The molecule has 0 spiro atoms. The number of para-hydroxylation sites is 1. The van der Waals surface area contributed by atoms with E-state index in [2.05, 4.69) is 5.43 Å². The van der Waals surface area contributed by atoms with Gasteiger partial charge in [-0.2, -0.15) is 0 Å². The minimum absolute atomic E-state index is 0.0712. The van der Waals surface area contributed by atoms with E-state index in [0.29, 0.717) is 17.7 Å². The Balaban J connectivity index is 1.61. The highest BCUT2D eigenvalue weighted by Gasteiger charge is 2.24. The summed E-state index contributed by atoms with van der Waals surface area (Å²) in [7, 11) is 0. The number of rotatable bonds is 5. The van der Waals surface area contributed by atoms with Crippen molar-refractivity contribution in [1.82, 2.24) is 9.66 Å².